The Morgan fingerprint density at radius 1 is 0.875 bits per heavy atom. The van der Waals surface area contributed by atoms with E-state index in [1.54, 1.807) is 18.2 Å². The molecule has 252 valence electrons. The minimum absolute atomic E-state index is 0.00800. The van der Waals surface area contributed by atoms with Gasteiger partial charge in [-0.1, -0.05) is 119 Å². The molecular formula is C37H38BrCl2N3O4S. The molecule has 0 bridgehead atoms. The summed E-state index contributed by atoms with van der Waals surface area (Å²) in [7, 11) is -4.31. The minimum Gasteiger partial charge on any atom is -0.352 e. The van der Waals surface area contributed by atoms with Gasteiger partial charge < -0.3 is 10.2 Å². The first-order valence-electron chi connectivity index (χ1n) is 15.9. The summed E-state index contributed by atoms with van der Waals surface area (Å²) in [5.41, 5.74) is 2.59. The van der Waals surface area contributed by atoms with Gasteiger partial charge in [0.1, 0.15) is 12.6 Å². The summed E-state index contributed by atoms with van der Waals surface area (Å²) in [5.74, 6) is -0.843. The van der Waals surface area contributed by atoms with Crippen molar-refractivity contribution in [2.45, 2.75) is 69.0 Å². The molecule has 4 aromatic carbocycles. The number of hydrogen-bond acceptors (Lipinski definition) is 4. The van der Waals surface area contributed by atoms with Crippen LogP contribution in [-0.4, -0.2) is 43.8 Å². The third kappa shape index (κ3) is 9.20. The molecule has 0 aromatic heterocycles. The second kappa shape index (κ2) is 16.4. The van der Waals surface area contributed by atoms with Crippen LogP contribution in [0.3, 0.4) is 0 Å². The number of carbonyl (C=O) groups excluding carboxylic acids is 2. The van der Waals surface area contributed by atoms with Crippen LogP contribution in [-0.2, 0) is 32.6 Å². The third-order valence-corrected chi connectivity index (χ3v) is 11.4. The van der Waals surface area contributed by atoms with E-state index in [-0.39, 0.29) is 45.5 Å². The number of benzene rings is 4. The normalized spacial score (nSPS) is 14.2. The van der Waals surface area contributed by atoms with Gasteiger partial charge in [0.2, 0.25) is 11.8 Å². The van der Waals surface area contributed by atoms with E-state index in [9.17, 15) is 18.0 Å². The second-order valence-corrected chi connectivity index (χ2v) is 15.7. The highest BCUT2D eigenvalue weighted by molar-refractivity contribution is 9.10. The fraction of sp³-hybridized carbons (Fsp3) is 0.297. The van der Waals surface area contributed by atoms with E-state index < -0.39 is 28.5 Å². The lowest BCUT2D eigenvalue weighted by Gasteiger charge is -2.35. The molecule has 11 heteroatoms. The SMILES string of the molecule is Cc1ccc(S(=O)(=O)N(CC(=O)N(Cc2cccc(Br)c2)[C@@H](Cc2ccccc2)C(=O)NC2CCCCC2)c2cc(Cl)ccc2Cl)cc1. The number of rotatable bonds is 12. The van der Waals surface area contributed by atoms with E-state index in [1.807, 2.05) is 61.5 Å². The number of sulfonamides is 1. The molecule has 1 N–H and O–H groups in total. The Bertz CT molecular complexity index is 1840. The molecule has 1 atom stereocenters. The van der Waals surface area contributed by atoms with Gasteiger partial charge in [-0.05, 0) is 73.4 Å². The Labute approximate surface area is 301 Å². The van der Waals surface area contributed by atoms with Crippen molar-refractivity contribution in [3.8, 4) is 0 Å². The van der Waals surface area contributed by atoms with Crippen LogP contribution in [0.5, 0.6) is 0 Å². The number of aryl methyl sites for hydroxylation is 1. The summed E-state index contributed by atoms with van der Waals surface area (Å²) < 4.78 is 30.4. The summed E-state index contributed by atoms with van der Waals surface area (Å²) in [6.07, 6.45) is 5.17. The standard InChI is InChI=1S/C37H38BrCl2N3O4S/c1-26-15-18-32(19-16-26)48(46,47)43(34-23-30(39)17-20-33(34)40)25-36(44)42(24-28-11-8-12-29(38)21-28)35(22-27-9-4-2-5-10-27)37(45)41-31-13-6-3-7-14-31/h2,4-5,8-12,15-21,23,31,35H,3,6-7,13-14,22,24-25H2,1H3,(H,41,45)/t35-/m0/s1. The maximum Gasteiger partial charge on any atom is 0.264 e. The van der Waals surface area contributed by atoms with Crippen molar-refractivity contribution in [1.82, 2.24) is 10.2 Å². The number of hydrogen-bond donors (Lipinski definition) is 1. The zero-order valence-corrected chi connectivity index (χ0v) is 30.5. The van der Waals surface area contributed by atoms with E-state index in [0.29, 0.717) is 0 Å². The van der Waals surface area contributed by atoms with Crippen LogP contribution in [0.2, 0.25) is 10.0 Å². The Kier molecular flexibility index (Phi) is 12.2. The lowest BCUT2D eigenvalue weighted by molar-refractivity contribution is -0.140. The molecule has 48 heavy (non-hydrogen) atoms. The predicted molar refractivity (Wildman–Crippen MR) is 196 cm³/mol. The third-order valence-electron chi connectivity index (χ3n) is 8.53. The number of nitrogens with zero attached hydrogens (tertiary/aromatic N) is 2. The van der Waals surface area contributed by atoms with Gasteiger partial charge in [-0.3, -0.25) is 13.9 Å². The summed E-state index contributed by atoms with van der Waals surface area (Å²) in [5, 5.41) is 3.59. The molecule has 4 aromatic rings. The second-order valence-electron chi connectivity index (χ2n) is 12.1. The van der Waals surface area contributed by atoms with Crippen molar-refractivity contribution >= 4 is 66.7 Å². The summed E-state index contributed by atoms with van der Waals surface area (Å²) in [6.45, 7) is 1.30. The number of carbonyl (C=O) groups is 2. The first-order valence-corrected chi connectivity index (χ1v) is 18.9. The molecule has 0 radical (unpaired) electrons. The number of nitrogens with one attached hydrogen (secondary N) is 1. The van der Waals surface area contributed by atoms with E-state index in [0.717, 1.165) is 57.6 Å². The molecule has 1 aliphatic carbocycles. The molecule has 0 unspecified atom stereocenters. The van der Waals surface area contributed by atoms with Crippen molar-refractivity contribution < 1.29 is 18.0 Å². The molecule has 0 spiro atoms. The quantitative estimate of drug-likeness (QED) is 0.157. The lowest BCUT2D eigenvalue weighted by Crippen LogP contribution is -2.55. The highest BCUT2D eigenvalue weighted by Crippen LogP contribution is 2.33. The maximum absolute atomic E-state index is 14.7. The van der Waals surface area contributed by atoms with Crippen LogP contribution in [0.25, 0.3) is 0 Å². The van der Waals surface area contributed by atoms with E-state index in [4.69, 9.17) is 23.2 Å². The van der Waals surface area contributed by atoms with Gasteiger partial charge >= 0.3 is 0 Å². The highest BCUT2D eigenvalue weighted by Gasteiger charge is 2.36. The van der Waals surface area contributed by atoms with Gasteiger partial charge in [0.15, 0.2) is 0 Å². The largest absolute Gasteiger partial charge is 0.352 e. The lowest BCUT2D eigenvalue weighted by atomic mass is 9.94. The Hall–Kier alpha value is -3.37. The first kappa shape index (κ1) is 35.9. The molecule has 0 saturated heterocycles. The fourth-order valence-electron chi connectivity index (χ4n) is 5.96. The van der Waals surface area contributed by atoms with Crippen molar-refractivity contribution in [2.75, 3.05) is 10.8 Å². The number of halogens is 3. The first-order chi connectivity index (χ1) is 23.0. The van der Waals surface area contributed by atoms with E-state index in [2.05, 4.69) is 21.2 Å². The molecule has 5 rings (SSSR count). The van der Waals surface area contributed by atoms with Gasteiger partial charge in [0.05, 0.1) is 15.6 Å². The van der Waals surface area contributed by atoms with Crippen LogP contribution in [0.15, 0.2) is 106 Å². The average molecular weight is 772 g/mol. The van der Waals surface area contributed by atoms with Gasteiger partial charge in [-0.15, -0.1) is 0 Å². The minimum atomic E-state index is -4.31. The van der Waals surface area contributed by atoms with Crippen molar-refractivity contribution in [3.05, 3.63) is 128 Å². The summed E-state index contributed by atoms with van der Waals surface area (Å²) in [6, 6.07) is 26.9. The Morgan fingerprint density at radius 3 is 2.25 bits per heavy atom. The van der Waals surface area contributed by atoms with Gasteiger partial charge in [0.25, 0.3) is 10.0 Å². The van der Waals surface area contributed by atoms with Gasteiger partial charge in [-0.25, -0.2) is 8.42 Å². The van der Waals surface area contributed by atoms with E-state index >= 15 is 0 Å². The number of anilines is 1. The molecule has 0 heterocycles. The Balaban J connectivity index is 1.59. The molecule has 1 fully saturated rings. The average Bonchev–Trinajstić information content (AvgIpc) is 3.07. The molecular weight excluding hydrogens is 733 g/mol. The van der Waals surface area contributed by atoms with Crippen LogP contribution in [0.4, 0.5) is 5.69 Å². The molecule has 1 saturated carbocycles. The molecule has 7 nitrogen and oxygen atoms in total. The molecule has 2 amide bonds. The molecule has 0 aliphatic heterocycles. The van der Waals surface area contributed by atoms with Gasteiger partial charge in [-0.2, -0.15) is 0 Å². The highest BCUT2D eigenvalue weighted by atomic mass is 79.9. The molecule has 1 aliphatic rings. The fourth-order valence-corrected chi connectivity index (χ4v) is 8.27. The van der Waals surface area contributed by atoms with Gasteiger partial charge in [0, 0.05) is 28.5 Å². The summed E-state index contributed by atoms with van der Waals surface area (Å²) >= 11 is 16.5. The van der Waals surface area contributed by atoms with E-state index in [1.165, 1.54) is 29.2 Å². The maximum atomic E-state index is 14.7. The predicted octanol–water partition coefficient (Wildman–Crippen LogP) is 8.35. The monoisotopic (exact) mass is 769 g/mol. The topological polar surface area (TPSA) is 86.8 Å². The van der Waals surface area contributed by atoms with Crippen molar-refractivity contribution in [2.24, 2.45) is 0 Å². The summed E-state index contributed by atoms with van der Waals surface area (Å²) in [4.78, 5) is 30.4. The van der Waals surface area contributed by atoms with Crippen LogP contribution < -0.4 is 9.62 Å². The zero-order chi connectivity index (χ0) is 34.3. The smallest absolute Gasteiger partial charge is 0.264 e. The zero-order valence-electron chi connectivity index (χ0n) is 26.6. The van der Waals surface area contributed by atoms with Crippen LogP contribution in [0.1, 0.15) is 48.8 Å². The van der Waals surface area contributed by atoms with Crippen molar-refractivity contribution in [3.63, 3.8) is 0 Å². The van der Waals surface area contributed by atoms with Crippen LogP contribution in [0, 0.1) is 6.92 Å². The van der Waals surface area contributed by atoms with Crippen molar-refractivity contribution in [1.29, 1.82) is 0 Å². The number of amides is 2. The Morgan fingerprint density at radius 2 is 1.56 bits per heavy atom. The van der Waals surface area contributed by atoms with Crippen LogP contribution >= 0.6 is 39.1 Å².